The van der Waals surface area contributed by atoms with Crippen LogP contribution in [-0.2, 0) is 16.2 Å². The van der Waals surface area contributed by atoms with E-state index in [1.807, 2.05) is 44.2 Å². The maximum atomic E-state index is 16.2. The molecule has 45 heavy (non-hydrogen) atoms. The molecular formula is C36H32ClFN2O5. The van der Waals surface area contributed by atoms with Gasteiger partial charge in [-0.2, -0.15) is 0 Å². The summed E-state index contributed by atoms with van der Waals surface area (Å²) in [6, 6.07) is 24.1. The van der Waals surface area contributed by atoms with E-state index in [1.165, 1.54) is 17.0 Å². The zero-order valence-corrected chi connectivity index (χ0v) is 25.6. The standard InChI is InChI=1S/C36H32ClFN2O5/c1-36(2)18-28-33(31(42)19-36)35(26-16-15-25(17-27(26)38)44-20-22-7-4-3-5-8-22)40(29-9-6-10-30(41)34(29)39-28)32(43)21-45-24-13-11-23(37)12-14-24/h3-17,35,39,41H,18-21H2,1-2H3. The highest BCUT2D eigenvalue weighted by Crippen LogP contribution is 2.50. The second kappa shape index (κ2) is 12.3. The van der Waals surface area contributed by atoms with E-state index in [2.05, 4.69) is 5.32 Å². The molecule has 1 aliphatic carbocycles. The lowest BCUT2D eigenvalue weighted by atomic mass is 9.73. The molecular weight excluding hydrogens is 595 g/mol. The molecule has 0 spiro atoms. The van der Waals surface area contributed by atoms with E-state index in [1.54, 1.807) is 48.5 Å². The number of para-hydroxylation sites is 1. The number of nitrogens with one attached hydrogen (secondary N) is 1. The van der Waals surface area contributed by atoms with E-state index in [4.69, 9.17) is 21.1 Å². The average Bonchev–Trinajstić information content (AvgIpc) is 3.15. The number of allylic oxidation sites excluding steroid dienone is 1. The number of carbonyl (C=O) groups excluding carboxylic acids is 2. The van der Waals surface area contributed by atoms with Crippen LogP contribution in [0.15, 0.2) is 102 Å². The lowest BCUT2D eigenvalue weighted by Gasteiger charge is -2.37. The molecule has 4 aromatic carbocycles. The zero-order valence-electron chi connectivity index (χ0n) is 24.8. The number of aromatic hydroxyl groups is 1. The number of hydrogen-bond donors (Lipinski definition) is 2. The maximum Gasteiger partial charge on any atom is 0.265 e. The summed E-state index contributed by atoms with van der Waals surface area (Å²) in [5.74, 6) is -0.800. The summed E-state index contributed by atoms with van der Waals surface area (Å²) in [4.78, 5) is 29.5. The van der Waals surface area contributed by atoms with Crippen molar-refractivity contribution in [1.29, 1.82) is 0 Å². The largest absolute Gasteiger partial charge is 0.506 e. The SMILES string of the molecule is CC1(C)CC(=O)C2=C(C1)Nc1c(O)cccc1N(C(=O)COc1ccc(Cl)cc1)C2c1ccc(OCc2ccccc2)cc1F. The molecule has 2 N–H and O–H groups in total. The number of amides is 1. The van der Waals surface area contributed by atoms with Gasteiger partial charge < -0.3 is 19.9 Å². The highest BCUT2D eigenvalue weighted by Gasteiger charge is 2.44. The van der Waals surface area contributed by atoms with E-state index >= 15 is 4.39 Å². The summed E-state index contributed by atoms with van der Waals surface area (Å²) in [6.45, 7) is 3.78. The first-order valence-electron chi connectivity index (χ1n) is 14.6. The van der Waals surface area contributed by atoms with E-state index in [0.717, 1.165) is 5.56 Å². The Morgan fingerprint density at radius 2 is 1.71 bits per heavy atom. The number of anilines is 2. The van der Waals surface area contributed by atoms with Crippen molar-refractivity contribution in [2.45, 2.75) is 39.3 Å². The van der Waals surface area contributed by atoms with Crippen molar-refractivity contribution >= 4 is 34.7 Å². The van der Waals surface area contributed by atoms with E-state index in [-0.39, 0.29) is 47.1 Å². The van der Waals surface area contributed by atoms with E-state index in [0.29, 0.717) is 28.6 Å². The first-order valence-corrected chi connectivity index (χ1v) is 15.0. The van der Waals surface area contributed by atoms with Crippen LogP contribution in [0.4, 0.5) is 15.8 Å². The lowest BCUT2D eigenvalue weighted by molar-refractivity contribution is -0.121. The Morgan fingerprint density at radius 1 is 0.978 bits per heavy atom. The van der Waals surface area contributed by atoms with Gasteiger partial charge in [0.1, 0.15) is 35.4 Å². The van der Waals surface area contributed by atoms with Gasteiger partial charge in [-0.25, -0.2) is 4.39 Å². The van der Waals surface area contributed by atoms with Crippen molar-refractivity contribution in [1.82, 2.24) is 0 Å². The van der Waals surface area contributed by atoms with Crippen LogP contribution in [0.3, 0.4) is 0 Å². The van der Waals surface area contributed by atoms with Crippen LogP contribution in [0, 0.1) is 11.2 Å². The zero-order chi connectivity index (χ0) is 31.7. The summed E-state index contributed by atoms with van der Waals surface area (Å²) in [5, 5.41) is 14.7. The van der Waals surface area contributed by atoms with Crippen LogP contribution in [0.2, 0.25) is 5.02 Å². The molecule has 1 unspecified atom stereocenters. The predicted octanol–water partition coefficient (Wildman–Crippen LogP) is 7.99. The van der Waals surface area contributed by atoms with Crippen molar-refractivity contribution in [3.8, 4) is 17.2 Å². The Hall–Kier alpha value is -4.82. The van der Waals surface area contributed by atoms with Crippen LogP contribution < -0.4 is 19.7 Å². The van der Waals surface area contributed by atoms with Crippen LogP contribution in [0.25, 0.3) is 0 Å². The normalized spacial score (nSPS) is 17.1. The molecule has 1 amide bonds. The fraction of sp³-hybridized carbons (Fsp3) is 0.222. The van der Waals surface area contributed by atoms with Gasteiger partial charge in [-0.3, -0.25) is 14.5 Å². The number of benzene rings is 4. The molecule has 0 bridgehead atoms. The highest BCUT2D eigenvalue weighted by atomic mass is 35.5. The number of hydrogen-bond acceptors (Lipinski definition) is 6. The smallest absolute Gasteiger partial charge is 0.265 e. The molecule has 0 saturated carbocycles. The Morgan fingerprint density at radius 3 is 2.44 bits per heavy atom. The molecule has 1 atom stereocenters. The van der Waals surface area contributed by atoms with Gasteiger partial charge in [-0.1, -0.05) is 61.8 Å². The van der Waals surface area contributed by atoms with E-state index < -0.39 is 29.8 Å². The molecule has 0 aromatic heterocycles. The Kier molecular flexibility index (Phi) is 8.25. The number of ketones is 1. The van der Waals surface area contributed by atoms with Gasteiger partial charge in [0.2, 0.25) is 0 Å². The molecule has 6 rings (SSSR count). The molecule has 2 aliphatic rings. The molecule has 0 saturated heterocycles. The van der Waals surface area contributed by atoms with Gasteiger partial charge in [0.05, 0.1) is 11.7 Å². The van der Waals surface area contributed by atoms with Crippen molar-refractivity contribution in [3.63, 3.8) is 0 Å². The Bertz CT molecular complexity index is 1790. The van der Waals surface area contributed by atoms with Crippen molar-refractivity contribution in [2.75, 3.05) is 16.8 Å². The fourth-order valence-corrected chi connectivity index (χ4v) is 6.04. The lowest BCUT2D eigenvalue weighted by Crippen LogP contribution is -2.42. The third-order valence-electron chi connectivity index (χ3n) is 7.97. The van der Waals surface area contributed by atoms with Gasteiger partial charge >= 0.3 is 0 Å². The molecule has 230 valence electrons. The molecule has 1 heterocycles. The number of Topliss-reactive ketones (excluding diaryl/α,β-unsaturated/α-hetero) is 1. The van der Waals surface area contributed by atoms with Crippen LogP contribution in [-0.4, -0.2) is 23.4 Å². The Balaban J connectivity index is 1.45. The monoisotopic (exact) mass is 626 g/mol. The number of phenols is 1. The minimum Gasteiger partial charge on any atom is -0.506 e. The van der Waals surface area contributed by atoms with Gasteiger partial charge in [-0.15, -0.1) is 0 Å². The number of phenolic OH excluding ortho intramolecular Hbond substituents is 1. The molecule has 0 fully saturated rings. The number of fused-ring (bicyclic) bond motifs is 1. The van der Waals surface area contributed by atoms with Gasteiger partial charge in [0.15, 0.2) is 12.4 Å². The third kappa shape index (κ3) is 6.37. The van der Waals surface area contributed by atoms with Crippen molar-refractivity contribution in [3.05, 3.63) is 124 Å². The van der Waals surface area contributed by atoms with Gasteiger partial charge in [-0.05, 0) is 65.9 Å². The molecule has 0 radical (unpaired) electrons. The van der Waals surface area contributed by atoms with E-state index in [9.17, 15) is 14.7 Å². The Labute approximate surface area is 265 Å². The number of rotatable bonds is 7. The second-order valence-corrected chi connectivity index (χ2v) is 12.4. The number of halogens is 2. The molecule has 9 heteroatoms. The quantitative estimate of drug-likeness (QED) is 0.202. The van der Waals surface area contributed by atoms with Crippen LogP contribution in [0.1, 0.15) is 43.9 Å². The average molecular weight is 627 g/mol. The number of nitrogens with zero attached hydrogens (tertiary/aromatic N) is 1. The summed E-state index contributed by atoms with van der Waals surface area (Å²) < 4.78 is 27.9. The van der Waals surface area contributed by atoms with Crippen molar-refractivity contribution < 1.29 is 28.6 Å². The highest BCUT2D eigenvalue weighted by molar-refractivity contribution is 6.30. The maximum absolute atomic E-state index is 16.2. The first-order chi connectivity index (χ1) is 21.6. The topological polar surface area (TPSA) is 88.1 Å². The number of ether oxygens (including phenoxy) is 2. The number of carbonyl (C=O) groups is 2. The summed E-state index contributed by atoms with van der Waals surface area (Å²) in [6.07, 6.45) is 0.650. The van der Waals surface area contributed by atoms with Crippen molar-refractivity contribution in [2.24, 2.45) is 5.41 Å². The molecule has 4 aromatic rings. The molecule has 7 nitrogen and oxygen atoms in total. The third-order valence-corrected chi connectivity index (χ3v) is 8.22. The van der Waals surface area contributed by atoms with Gasteiger partial charge in [0, 0.05) is 34.3 Å². The first kappa shape index (κ1) is 30.2. The summed E-state index contributed by atoms with van der Waals surface area (Å²) in [5.41, 5.74) is 1.97. The second-order valence-electron chi connectivity index (χ2n) is 12.0. The summed E-state index contributed by atoms with van der Waals surface area (Å²) in [7, 11) is 0. The predicted molar refractivity (Wildman–Crippen MR) is 171 cm³/mol. The molecule has 1 aliphatic heterocycles. The minimum absolute atomic E-state index is 0.112. The van der Waals surface area contributed by atoms with Crippen LogP contribution >= 0.6 is 11.6 Å². The minimum atomic E-state index is -1.15. The summed E-state index contributed by atoms with van der Waals surface area (Å²) >= 11 is 6.00. The van der Waals surface area contributed by atoms with Gasteiger partial charge in [0.25, 0.3) is 5.91 Å². The fourth-order valence-electron chi connectivity index (χ4n) is 5.92. The van der Waals surface area contributed by atoms with Crippen LogP contribution in [0.5, 0.6) is 17.2 Å².